The molecule has 3 aliphatic rings. The lowest BCUT2D eigenvalue weighted by Gasteiger charge is -2.37. The average molecular weight is 806 g/mol. The van der Waals surface area contributed by atoms with Crippen molar-refractivity contribution in [3.63, 3.8) is 0 Å². The van der Waals surface area contributed by atoms with Gasteiger partial charge in [-0.2, -0.15) is 0 Å². The van der Waals surface area contributed by atoms with Crippen LogP contribution >= 0.6 is 0 Å². The van der Waals surface area contributed by atoms with Crippen LogP contribution in [0.3, 0.4) is 0 Å². The van der Waals surface area contributed by atoms with Crippen molar-refractivity contribution in [2.24, 2.45) is 11.8 Å². The molecule has 0 bridgehead atoms. The van der Waals surface area contributed by atoms with Crippen molar-refractivity contribution < 1.29 is 33.3 Å². The summed E-state index contributed by atoms with van der Waals surface area (Å²) in [6, 6.07) is 18.6. The number of hydrogen-bond acceptors (Lipinski definition) is 8. The van der Waals surface area contributed by atoms with Crippen LogP contribution in [0.5, 0.6) is 0 Å². The molecule has 2 unspecified atom stereocenters. The molecule has 0 aromatic heterocycles. The normalized spacial score (nSPS) is 24.3. The van der Waals surface area contributed by atoms with Crippen molar-refractivity contribution in [2.45, 2.75) is 173 Å². The number of amides is 2. The van der Waals surface area contributed by atoms with E-state index in [-0.39, 0.29) is 48.6 Å². The lowest BCUT2D eigenvalue weighted by Crippen LogP contribution is -2.52. The molecule has 1 saturated carbocycles. The maximum absolute atomic E-state index is 14.0. The number of likely N-dealkylation sites (N-methyl/N-ethyl adjacent to an activating group) is 1. The van der Waals surface area contributed by atoms with Crippen LogP contribution in [-0.2, 0) is 39.9 Å². The Hall–Kier alpha value is -2.86. The maximum atomic E-state index is 14.0. The third-order valence-electron chi connectivity index (χ3n) is 13.3. The summed E-state index contributed by atoms with van der Waals surface area (Å²) in [5, 5.41) is 6.64. The van der Waals surface area contributed by atoms with E-state index in [1.165, 1.54) is 49.7 Å². The molecular weight excluding hydrogens is 731 g/mol. The van der Waals surface area contributed by atoms with Crippen molar-refractivity contribution in [3.05, 3.63) is 71.3 Å². The highest BCUT2D eigenvalue weighted by Gasteiger charge is 2.41. The highest BCUT2D eigenvalue weighted by Crippen LogP contribution is 2.33. The van der Waals surface area contributed by atoms with E-state index in [0.29, 0.717) is 31.6 Å². The molecule has 10 nitrogen and oxygen atoms in total. The number of rotatable bonds is 21. The second kappa shape index (κ2) is 23.8. The van der Waals surface area contributed by atoms with Gasteiger partial charge in [-0.25, -0.2) is 0 Å². The summed E-state index contributed by atoms with van der Waals surface area (Å²) in [5.74, 6) is 0.438. The van der Waals surface area contributed by atoms with Gasteiger partial charge in [0.15, 0.2) is 6.29 Å². The van der Waals surface area contributed by atoms with Crippen LogP contribution in [-0.4, -0.2) is 93.9 Å². The standard InChI is InChI=1S/C48H75N3O7/c1-8-33(2)45(49-5)42(54-6)30-43(52)51-29-17-23-41(51)46(55-7)34(3)48(53)50-35(4)47(39-20-14-11-15-21-39)58-44-24-16-22-40(57-44)32-56-31-36-25-27-38(28-26-36)37-18-12-9-10-13-19-37/h11,14-15,20-21,25-28,33-35,37,40-42,44-47,49H,8-10,12-13,16-19,22-24,29-32H2,1-7H3,(H,50,53)/t33-,34+,35+,40?,41-,42+,44?,45-,46+,47+/m0/s1. The first-order valence-corrected chi connectivity index (χ1v) is 22.5. The third kappa shape index (κ3) is 12.8. The average Bonchev–Trinajstić information content (AvgIpc) is 3.57. The molecule has 2 amide bonds. The molecule has 2 aliphatic heterocycles. The van der Waals surface area contributed by atoms with Gasteiger partial charge in [-0.1, -0.05) is 107 Å². The lowest BCUT2D eigenvalue weighted by atomic mass is 9.91. The van der Waals surface area contributed by atoms with E-state index < -0.39 is 24.4 Å². The molecule has 0 spiro atoms. The number of nitrogens with one attached hydrogen (secondary N) is 2. The van der Waals surface area contributed by atoms with Crippen LogP contribution in [0, 0.1) is 11.8 Å². The zero-order valence-corrected chi connectivity index (χ0v) is 36.7. The van der Waals surface area contributed by atoms with Crippen molar-refractivity contribution >= 4 is 11.8 Å². The van der Waals surface area contributed by atoms with Crippen molar-refractivity contribution in [1.82, 2.24) is 15.5 Å². The minimum Gasteiger partial charge on any atom is -0.379 e. The number of nitrogens with zero attached hydrogens (tertiary/aromatic N) is 1. The Morgan fingerprint density at radius 3 is 2.24 bits per heavy atom. The summed E-state index contributed by atoms with van der Waals surface area (Å²) in [4.78, 5) is 29.8. The van der Waals surface area contributed by atoms with Crippen LogP contribution in [0.2, 0.25) is 0 Å². The fraction of sp³-hybridized carbons (Fsp3) is 0.708. The van der Waals surface area contributed by atoms with E-state index in [1.54, 1.807) is 14.2 Å². The molecule has 324 valence electrons. The van der Waals surface area contributed by atoms with Crippen molar-refractivity contribution in [1.29, 1.82) is 0 Å². The summed E-state index contributed by atoms with van der Waals surface area (Å²) in [7, 11) is 5.24. The van der Waals surface area contributed by atoms with E-state index in [0.717, 1.165) is 44.1 Å². The summed E-state index contributed by atoms with van der Waals surface area (Å²) in [6.45, 7) is 9.92. The molecule has 58 heavy (non-hydrogen) atoms. The fourth-order valence-electron chi connectivity index (χ4n) is 9.64. The number of ether oxygens (including phenoxy) is 5. The summed E-state index contributed by atoms with van der Waals surface area (Å²) >= 11 is 0. The summed E-state index contributed by atoms with van der Waals surface area (Å²) in [6.07, 6.45) is 11.9. The van der Waals surface area contributed by atoms with E-state index in [4.69, 9.17) is 23.7 Å². The topological polar surface area (TPSA) is 108 Å². The number of carbonyl (C=O) groups excluding carboxylic acids is 2. The Morgan fingerprint density at radius 2 is 1.59 bits per heavy atom. The predicted molar refractivity (Wildman–Crippen MR) is 229 cm³/mol. The highest BCUT2D eigenvalue weighted by molar-refractivity contribution is 5.80. The van der Waals surface area contributed by atoms with Gasteiger partial charge in [-0.3, -0.25) is 9.59 Å². The first-order chi connectivity index (χ1) is 28.2. The van der Waals surface area contributed by atoms with E-state index >= 15 is 0 Å². The molecule has 2 aromatic rings. The molecule has 3 fully saturated rings. The smallest absolute Gasteiger partial charge is 0.225 e. The van der Waals surface area contributed by atoms with Gasteiger partial charge in [0, 0.05) is 26.8 Å². The number of carbonyl (C=O) groups is 2. The van der Waals surface area contributed by atoms with E-state index in [9.17, 15) is 9.59 Å². The van der Waals surface area contributed by atoms with Crippen LogP contribution in [0.1, 0.15) is 140 Å². The maximum Gasteiger partial charge on any atom is 0.225 e. The van der Waals surface area contributed by atoms with Crippen LogP contribution < -0.4 is 10.6 Å². The molecule has 10 heteroatoms. The molecule has 2 N–H and O–H groups in total. The Labute approximate surface area is 349 Å². The highest BCUT2D eigenvalue weighted by atomic mass is 16.7. The van der Waals surface area contributed by atoms with Gasteiger partial charge < -0.3 is 39.2 Å². The molecule has 2 saturated heterocycles. The van der Waals surface area contributed by atoms with Crippen molar-refractivity contribution in [2.75, 3.05) is 34.4 Å². The molecule has 0 radical (unpaired) electrons. The zero-order valence-electron chi connectivity index (χ0n) is 36.7. The molecule has 2 aromatic carbocycles. The van der Waals surface area contributed by atoms with Gasteiger partial charge in [0.05, 0.1) is 55.9 Å². The molecule has 1 aliphatic carbocycles. The monoisotopic (exact) mass is 806 g/mol. The summed E-state index contributed by atoms with van der Waals surface area (Å²) < 4.78 is 31.3. The van der Waals surface area contributed by atoms with Crippen molar-refractivity contribution in [3.8, 4) is 0 Å². The Morgan fingerprint density at radius 1 is 0.862 bits per heavy atom. The SMILES string of the molecule is CC[C@H](C)[C@H](NC)[C@@H](CC(=O)N1CCC[C@H]1[C@H](OC)[C@@H](C)C(=O)N[C@H](C)[C@@H](OC1CCCC(COCc2ccc(C3CCCCCC3)cc2)O1)c1ccccc1)OC. The van der Waals surface area contributed by atoms with Gasteiger partial charge in [-0.05, 0) is 87.4 Å². The van der Waals surface area contributed by atoms with Crippen LogP contribution in [0.25, 0.3) is 0 Å². The van der Waals surface area contributed by atoms with Crippen LogP contribution in [0.15, 0.2) is 54.6 Å². The minimum atomic E-state index is -0.508. The Balaban J connectivity index is 1.15. The lowest BCUT2D eigenvalue weighted by molar-refractivity contribution is -0.229. The van der Waals surface area contributed by atoms with E-state index in [2.05, 4.69) is 48.7 Å². The number of benzene rings is 2. The molecule has 2 heterocycles. The van der Waals surface area contributed by atoms with Gasteiger partial charge in [0.25, 0.3) is 0 Å². The second-order valence-corrected chi connectivity index (χ2v) is 17.3. The second-order valence-electron chi connectivity index (χ2n) is 17.3. The van der Waals surface area contributed by atoms with Gasteiger partial charge in [0.2, 0.25) is 11.8 Å². The minimum absolute atomic E-state index is 0.0356. The largest absolute Gasteiger partial charge is 0.379 e. The first kappa shape index (κ1) is 46.2. The quantitative estimate of drug-likeness (QED) is 0.121. The molecular formula is C48H75N3O7. The summed E-state index contributed by atoms with van der Waals surface area (Å²) in [5.41, 5.74) is 3.62. The van der Waals surface area contributed by atoms with Crippen LogP contribution in [0.4, 0.5) is 0 Å². The number of methoxy groups -OCH3 is 2. The predicted octanol–water partition coefficient (Wildman–Crippen LogP) is 8.48. The van der Waals surface area contributed by atoms with Gasteiger partial charge >= 0.3 is 0 Å². The molecule has 5 rings (SSSR count). The Bertz CT molecular complexity index is 1490. The van der Waals surface area contributed by atoms with Gasteiger partial charge in [-0.15, -0.1) is 0 Å². The zero-order chi connectivity index (χ0) is 41.4. The Kier molecular flexibility index (Phi) is 19.0. The molecule has 10 atom stereocenters. The third-order valence-corrected chi connectivity index (χ3v) is 13.3. The fourth-order valence-corrected chi connectivity index (χ4v) is 9.64. The van der Waals surface area contributed by atoms with E-state index in [1.807, 2.05) is 56.1 Å². The first-order valence-electron chi connectivity index (χ1n) is 22.5. The number of hydrogen-bond donors (Lipinski definition) is 2. The number of likely N-dealkylation sites (tertiary alicyclic amines) is 1. The van der Waals surface area contributed by atoms with Gasteiger partial charge in [0.1, 0.15) is 6.10 Å².